The van der Waals surface area contributed by atoms with Crippen LogP contribution in [-0.2, 0) is 28.9 Å². The largest absolute Gasteiger partial charge is 0.416 e. The van der Waals surface area contributed by atoms with Gasteiger partial charge in [0, 0.05) is 12.2 Å². The molecule has 0 aromatic heterocycles. The van der Waals surface area contributed by atoms with Crippen LogP contribution < -0.4 is 11.1 Å². The Hall–Kier alpha value is -2.09. The minimum atomic E-state index is -4.50. The van der Waals surface area contributed by atoms with Crippen LogP contribution in [0, 0.1) is 0 Å². The zero-order chi connectivity index (χ0) is 18.3. The molecule has 0 atom stereocenters. The molecule has 0 saturated heterocycles. The van der Waals surface area contributed by atoms with Gasteiger partial charge in [0.15, 0.2) is 0 Å². The summed E-state index contributed by atoms with van der Waals surface area (Å²) in [6.07, 6.45) is -4.45. The number of hydrogen-bond donors (Lipinski definition) is 2. The van der Waals surface area contributed by atoms with E-state index in [0.717, 1.165) is 17.7 Å². The Kier molecular flexibility index (Phi) is 8.57. The molecule has 0 bridgehead atoms. The number of nitrogens with two attached hydrogens (primary N) is 1. The van der Waals surface area contributed by atoms with Crippen molar-refractivity contribution < 1.29 is 22.7 Å². The van der Waals surface area contributed by atoms with E-state index in [0.29, 0.717) is 12.2 Å². The zero-order valence-corrected chi connectivity index (χ0v) is 14.7. The molecule has 2 aromatic rings. The number of nitrogens with one attached hydrogen (secondary N) is 1. The van der Waals surface area contributed by atoms with Gasteiger partial charge in [0.25, 0.3) is 0 Å². The van der Waals surface area contributed by atoms with E-state index in [1.807, 2.05) is 30.3 Å². The molecule has 0 saturated carbocycles. The van der Waals surface area contributed by atoms with Crippen molar-refractivity contribution in [3.05, 3.63) is 65.2 Å². The summed E-state index contributed by atoms with van der Waals surface area (Å²) in [6, 6.07) is 12.7. The summed E-state index contributed by atoms with van der Waals surface area (Å²) in [4.78, 5) is 11.9. The molecule has 4 nitrogen and oxygen atoms in total. The molecular weight excluding hydrogens is 369 g/mol. The third kappa shape index (κ3) is 7.03. The standard InChI is InChI=1S/C18H19F3N2O2.ClH/c19-18(20,21)15-8-14(11-22)9-16(10-15)23-17(24)6-7-25-12-13-4-2-1-3-5-13;/h1-5,8-10H,6-7,11-12,22H2,(H,23,24);1H. The van der Waals surface area contributed by atoms with Gasteiger partial charge in [-0.15, -0.1) is 12.4 Å². The van der Waals surface area contributed by atoms with E-state index in [9.17, 15) is 18.0 Å². The SMILES string of the molecule is Cl.NCc1cc(NC(=O)CCOCc2ccccc2)cc(C(F)(F)F)c1. The van der Waals surface area contributed by atoms with E-state index >= 15 is 0 Å². The second kappa shape index (κ2) is 10.2. The monoisotopic (exact) mass is 388 g/mol. The number of carbonyl (C=O) groups excluding carboxylic acids is 1. The molecule has 0 unspecified atom stereocenters. The van der Waals surface area contributed by atoms with Gasteiger partial charge in [0.05, 0.1) is 25.2 Å². The number of alkyl halides is 3. The van der Waals surface area contributed by atoms with Crippen LogP contribution in [0.4, 0.5) is 18.9 Å². The molecule has 0 aliphatic carbocycles. The van der Waals surface area contributed by atoms with Crippen molar-refractivity contribution in [2.75, 3.05) is 11.9 Å². The summed E-state index contributed by atoms with van der Waals surface area (Å²) in [5, 5.41) is 2.45. The first kappa shape index (κ1) is 22.0. The minimum Gasteiger partial charge on any atom is -0.376 e. The summed E-state index contributed by atoms with van der Waals surface area (Å²) in [5.74, 6) is -0.421. The molecule has 0 spiro atoms. The quantitative estimate of drug-likeness (QED) is 0.701. The van der Waals surface area contributed by atoms with Crippen molar-refractivity contribution in [3.8, 4) is 0 Å². The van der Waals surface area contributed by atoms with Crippen LogP contribution in [0.15, 0.2) is 48.5 Å². The van der Waals surface area contributed by atoms with E-state index in [-0.39, 0.29) is 37.7 Å². The highest BCUT2D eigenvalue weighted by molar-refractivity contribution is 5.91. The van der Waals surface area contributed by atoms with Crippen LogP contribution in [0.25, 0.3) is 0 Å². The Morgan fingerprint density at radius 3 is 2.38 bits per heavy atom. The van der Waals surface area contributed by atoms with Crippen molar-refractivity contribution >= 4 is 24.0 Å². The Labute approximate surface area is 155 Å². The molecule has 0 heterocycles. The summed E-state index contributed by atoms with van der Waals surface area (Å²) < 4.78 is 44.0. The number of rotatable bonds is 7. The van der Waals surface area contributed by atoms with Gasteiger partial charge in [-0.05, 0) is 29.3 Å². The maximum Gasteiger partial charge on any atom is 0.416 e. The van der Waals surface area contributed by atoms with Gasteiger partial charge >= 0.3 is 6.18 Å². The summed E-state index contributed by atoms with van der Waals surface area (Å²) in [6.45, 7) is 0.491. The molecule has 1 amide bonds. The van der Waals surface area contributed by atoms with Gasteiger partial charge in [-0.3, -0.25) is 4.79 Å². The lowest BCUT2D eigenvalue weighted by molar-refractivity contribution is -0.137. The fourth-order valence-corrected chi connectivity index (χ4v) is 2.20. The number of halogens is 4. The van der Waals surface area contributed by atoms with Crippen molar-refractivity contribution in [1.82, 2.24) is 0 Å². The maximum absolute atomic E-state index is 12.9. The van der Waals surface area contributed by atoms with Gasteiger partial charge in [0.2, 0.25) is 5.91 Å². The number of ether oxygens (including phenoxy) is 1. The molecular formula is C18H20ClF3N2O2. The molecule has 3 N–H and O–H groups in total. The Morgan fingerprint density at radius 2 is 1.77 bits per heavy atom. The van der Waals surface area contributed by atoms with E-state index in [1.54, 1.807) is 0 Å². The Morgan fingerprint density at radius 1 is 1.08 bits per heavy atom. The van der Waals surface area contributed by atoms with Crippen LogP contribution in [0.1, 0.15) is 23.1 Å². The minimum absolute atomic E-state index is 0. The number of anilines is 1. The first-order chi connectivity index (χ1) is 11.9. The van der Waals surface area contributed by atoms with Gasteiger partial charge in [-0.2, -0.15) is 13.2 Å². The van der Waals surface area contributed by atoms with Gasteiger partial charge < -0.3 is 15.8 Å². The fraction of sp³-hybridized carbons (Fsp3) is 0.278. The van der Waals surface area contributed by atoms with E-state index < -0.39 is 17.6 Å². The summed E-state index contributed by atoms with van der Waals surface area (Å²) >= 11 is 0. The fourth-order valence-electron chi connectivity index (χ4n) is 2.20. The number of amides is 1. The molecule has 142 valence electrons. The molecule has 0 radical (unpaired) electrons. The van der Waals surface area contributed by atoms with Crippen LogP contribution in [0.5, 0.6) is 0 Å². The van der Waals surface area contributed by atoms with E-state index in [1.165, 1.54) is 6.07 Å². The third-order valence-corrected chi connectivity index (χ3v) is 3.42. The van der Waals surface area contributed by atoms with Crippen LogP contribution in [0.2, 0.25) is 0 Å². The first-order valence-corrected chi connectivity index (χ1v) is 7.71. The molecule has 8 heteroatoms. The molecule has 0 aliphatic heterocycles. The Bertz CT molecular complexity index is 709. The average molecular weight is 389 g/mol. The van der Waals surface area contributed by atoms with Gasteiger partial charge in [-0.25, -0.2) is 0 Å². The highest BCUT2D eigenvalue weighted by Crippen LogP contribution is 2.32. The van der Waals surface area contributed by atoms with Gasteiger partial charge in [0.1, 0.15) is 0 Å². The third-order valence-electron chi connectivity index (χ3n) is 3.42. The van der Waals surface area contributed by atoms with Crippen molar-refractivity contribution in [3.63, 3.8) is 0 Å². The first-order valence-electron chi connectivity index (χ1n) is 7.71. The van der Waals surface area contributed by atoms with E-state index in [2.05, 4.69) is 5.32 Å². The number of benzene rings is 2. The normalized spacial score (nSPS) is 10.9. The van der Waals surface area contributed by atoms with Crippen LogP contribution in [0.3, 0.4) is 0 Å². The zero-order valence-electron chi connectivity index (χ0n) is 13.9. The van der Waals surface area contributed by atoms with Crippen molar-refractivity contribution in [2.24, 2.45) is 5.73 Å². The van der Waals surface area contributed by atoms with E-state index in [4.69, 9.17) is 10.5 Å². The van der Waals surface area contributed by atoms with Crippen LogP contribution >= 0.6 is 12.4 Å². The summed E-state index contributed by atoms with van der Waals surface area (Å²) in [5.41, 5.74) is 5.92. The number of hydrogen-bond acceptors (Lipinski definition) is 3. The molecule has 0 fully saturated rings. The lowest BCUT2D eigenvalue weighted by Gasteiger charge is -2.12. The van der Waals surface area contributed by atoms with Crippen molar-refractivity contribution in [2.45, 2.75) is 25.7 Å². The average Bonchev–Trinajstić information content (AvgIpc) is 2.58. The second-order valence-corrected chi connectivity index (χ2v) is 5.46. The predicted molar refractivity (Wildman–Crippen MR) is 95.9 cm³/mol. The van der Waals surface area contributed by atoms with Crippen LogP contribution in [-0.4, -0.2) is 12.5 Å². The lowest BCUT2D eigenvalue weighted by Crippen LogP contribution is -2.16. The molecule has 26 heavy (non-hydrogen) atoms. The highest BCUT2D eigenvalue weighted by atomic mass is 35.5. The predicted octanol–water partition coefficient (Wildman–Crippen LogP) is 4.13. The molecule has 0 aliphatic rings. The maximum atomic E-state index is 12.9. The molecule has 2 aromatic carbocycles. The Balaban J connectivity index is 0.00000338. The van der Waals surface area contributed by atoms with Crippen molar-refractivity contribution in [1.29, 1.82) is 0 Å². The topological polar surface area (TPSA) is 64.3 Å². The lowest BCUT2D eigenvalue weighted by atomic mass is 10.1. The summed E-state index contributed by atoms with van der Waals surface area (Å²) in [7, 11) is 0. The second-order valence-electron chi connectivity index (χ2n) is 5.46. The number of carbonyl (C=O) groups is 1. The highest BCUT2D eigenvalue weighted by Gasteiger charge is 2.31. The molecule has 2 rings (SSSR count). The smallest absolute Gasteiger partial charge is 0.376 e. The van der Waals surface area contributed by atoms with Gasteiger partial charge in [-0.1, -0.05) is 30.3 Å².